The van der Waals surface area contributed by atoms with E-state index < -0.39 is 9.84 Å². The molecule has 170 valence electrons. The number of aryl methyl sites for hydroxylation is 2. The van der Waals surface area contributed by atoms with Crippen molar-refractivity contribution in [2.24, 2.45) is 0 Å². The van der Waals surface area contributed by atoms with Crippen molar-refractivity contribution in [1.82, 2.24) is 9.88 Å². The summed E-state index contributed by atoms with van der Waals surface area (Å²) in [7, 11) is -1.99. The van der Waals surface area contributed by atoms with Crippen LogP contribution in [0, 0.1) is 13.8 Å². The lowest BCUT2D eigenvalue weighted by Crippen LogP contribution is -2.49. The third kappa shape index (κ3) is 4.73. The number of hydrogen-bond acceptors (Lipinski definition) is 7. The Morgan fingerprint density at radius 3 is 2.44 bits per heavy atom. The molecule has 1 fully saturated rings. The smallest absolute Gasteiger partial charge is 0.223 e. The number of rotatable bonds is 6. The van der Waals surface area contributed by atoms with E-state index in [9.17, 15) is 13.2 Å². The third-order valence-corrected chi connectivity index (χ3v) is 8.71. The van der Waals surface area contributed by atoms with Crippen LogP contribution in [0.3, 0.4) is 0 Å². The number of carbonyl (C=O) groups excluding carboxylic acids is 1. The summed E-state index contributed by atoms with van der Waals surface area (Å²) in [6.07, 6.45) is -0.0199. The van der Waals surface area contributed by atoms with E-state index in [1.165, 1.54) is 35.1 Å². The molecule has 0 N–H and O–H groups in total. The predicted octanol–water partition coefficient (Wildman–Crippen LogP) is 3.43. The van der Waals surface area contributed by atoms with Crippen LogP contribution in [-0.2, 0) is 14.6 Å². The molecule has 0 saturated carbocycles. The molecule has 0 unspecified atom stereocenters. The Bertz CT molecular complexity index is 1230. The molecule has 2 heterocycles. The Kier molecular flexibility index (Phi) is 6.39. The lowest BCUT2D eigenvalue weighted by Gasteiger charge is -2.34. The van der Waals surface area contributed by atoms with Gasteiger partial charge in [0.05, 0.1) is 28.0 Å². The van der Waals surface area contributed by atoms with Gasteiger partial charge in [0, 0.05) is 32.6 Å². The van der Waals surface area contributed by atoms with Gasteiger partial charge in [-0.15, -0.1) is 0 Å². The highest BCUT2D eigenvalue weighted by Gasteiger charge is 2.25. The Labute approximate surface area is 192 Å². The van der Waals surface area contributed by atoms with E-state index in [-0.39, 0.29) is 23.0 Å². The number of carbonyl (C=O) groups is 1. The zero-order chi connectivity index (χ0) is 22.9. The molecule has 1 aliphatic rings. The minimum absolute atomic E-state index is 0.0199. The van der Waals surface area contributed by atoms with Crippen LogP contribution in [0.4, 0.5) is 5.13 Å². The average molecular weight is 474 g/mol. The quantitative estimate of drug-likeness (QED) is 0.546. The fourth-order valence-corrected chi connectivity index (χ4v) is 6.23. The minimum atomic E-state index is -3.52. The summed E-state index contributed by atoms with van der Waals surface area (Å²) >= 11 is 1.69. The molecule has 0 aliphatic carbocycles. The summed E-state index contributed by atoms with van der Waals surface area (Å²) in [6, 6.07) is 10.5. The molecule has 1 aromatic heterocycles. The molecule has 4 rings (SSSR count). The van der Waals surface area contributed by atoms with Crippen molar-refractivity contribution in [3.63, 3.8) is 0 Å². The van der Waals surface area contributed by atoms with Crippen LogP contribution in [0.5, 0.6) is 5.75 Å². The van der Waals surface area contributed by atoms with Crippen molar-refractivity contribution in [1.29, 1.82) is 0 Å². The van der Waals surface area contributed by atoms with Crippen molar-refractivity contribution < 1.29 is 17.9 Å². The van der Waals surface area contributed by atoms with Gasteiger partial charge in [-0.25, -0.2) is 13.4 Å². The highest BCUT2D eigenvalue weighted by Crippen LogP contribution is 2.32. The number of sulfone groups is 1. The maximum atomic E-state index is 12.7. The normalized spacial score (nSPS) is 14.7. The Morgan fingerprint density at radius 2 is 1.78 bits per heavy atom. The first-order valence-corrected chi connectivity index (χ1v) is 13.0. The van der Waals surface area contributed by atoms with Crippen LogP contribution in [0.1, 0.15) is 17.5 Å². The van der Waals surface area contributed by atoms with Crippen molar-refractivity contribution in [3.8, 4) is 5.75 Å². The number of anilines is 1. The number of hydrogen-bond donors (Lipinski definition) is 0. The Morgan fingerprint density at radius 1 is 1.09 bits per heavy atom. The monoisotopic (exact) mass is 473 g/mol. The number of fused-ring (bicyclic) bond motifs is 1. The highest BCUT2D eigenvalue weighted by molar-refractivity contribution is 7.91. The Balaban J connectivity index is 1.34. The first-order chi connectivity index (χ1) is 15.3. The van der Waals surface area contributed by atoms with E-state index in [0.29, 0.717) is 31.9 Å². The fraction of sp³-hybridized carbons (Fsp3) is 0.391. The maximum Gasteiger partial charge on any atom is 0.223 e. The molecule has 32 heavy (non-hydrogen) atoms. The van der Waals surface area contributed by atoms with Gasteiger partial charge in [-0.1, -0.05) is 17.4 Å². The lowest BCUT2D eigenvalue weighted by molar-refractivity contribution is -0.131. The summed E-state index contributed by atoms with van der Waals surface area (Å²) in [6.45, 7) is 6.69. The van der Waals surface area contributed by atoms with Crippen LogP contribution < -0.4 is 9.64 Å². The SMILES string of the molecule is COc1ccc(S(=O)(=O)CCC(=O)N2CCN(c3nc4cc(C)cc(C)c4s3)CC2)cc1. The first kappa shape index (κ1) is 22.5. The topological polar surface area (TPSA) is 79.8 Å². The number of thiazole rings is 1. The van der Waals surface area contributed by atoms with Crippen molar-refractivity contribution in [3.05, 3.63) is 47.5 Å². The highest BCUT2D eigenvalue weighted by atomic mass is 32.2. The molecule has 1 saturated heterocycles. The number of benzene rings is 2. The van der Waals surface area contributed by atoms with Gasteiger partial charge in [-0.2, -0.15) is 0 Å². The number of amides is 1. The molecule has 0 radical (unpaired) electrons. The molecule has 0 bridgehead atoms. The largest absolute Gasteiger partial charge is 0.497 e. The maximum absolute atomic E-state index is 12.7. The summed E-state index contributed by atoms with van der Waals surface area (Å²) in [4.78, 5) is 21.6. The predicted molar refractivity (Wildman–Crippen MR) is 128 cm³/mol. The Hall–Kier alpha value is -2.65. The van der Waals surface area contributed by atoms with Gasteiger partial charge in [0.1, 0.15) is 5.75 Å². The molecular formula is C23H27N3O4S2. The number of nitrogens with zero attached hydrogens (tertiary/aromatic N) is 3. The molecule has 0 atom stereocenters. The van der Waals surface area contributed by atoms with Crippen molar-refractivity contribution in [2.75, 3.05) is 43.9 Å². The van der Waals surface area contributed by atoms with Gasteiger partial charge >= 0.3 is 0 Å². The number of ether oxygens (including phenoxy) is 1. The van der Waals surface area contributed by atoms with Gasteiger partial charge in [0.15, 0.2) is 15.0 Å². The van der Waals surface area contributed by atoms with Crippen LogP contribution in [0.15, 0.2) is 41.3 Å². The molecule has 1 aliphatic heterocycles. The average Bonchev–Trinajstić information content (AvgIpc) is 3.22. The molecule has 7 nitrogen and oxygen atoms in total. The molecule has 1 amide bonds. The van der Waals surface area contributed by atoms with Gasteiger partial charge in [-0.3, -0.25) is 4.79 Å². The second-order valence-corrected chi connectivity index (χ2v) is 11.1. The van der Waals surface area contributed by atoms with Crippen molar-refractivity contribution in [2.45, 2.75) is 25.2 Å². The van der Waals surface area contributed by atoms with Crippen LogP contribution in [0.25, 0.3) is 10.2 Å². The second kappa shape index (κ2) is 9.07. The summed E-state index contributed by atoms with van der Waals surface area (Å²) in [5, 5.41) is 0.975. The zero-order valence-corrected chi connectivity index (χ0v) is 20.1. The number of aromatic nitrogens is 1. The molecular weight excluding hydrogens is 446 g/mol. The second-order valence-electron chi connectivity index (χ2n) is 8.04. The van der Waals surface area contributed by atoms with Gasteiger partial charge in [-0.05, 0) is 55.3 Å². The first-order valence-electron chi connectivity index (χ1n) is 10.5. The van der Waals surface area contributed by atoms with E-state index in [1.807, 2.05) is 0 Å². The third-order valence-electron chi connectivity index (χ3n) is 5.71. The van der Waals surface area contributed by atoms with Crippen molar-refractivity contribution >= 4 is 42.4 Å². The minimum Gasteiger partial charge on any atom is -0.497 e. The van der Waals surface area contributed by atoms with E-state index in [2.05, 4.69) is 30.9 Å². The standard InChI is InChI=1S/C23H27N3O4S2/c1-16-14-17(2)22-20(15-16)24-23(31-22)26-11-9-25(10-12-26)21(27)8-13-32(28,29)19-6-4-18(30-3)5-7-19/h4-7,14-15H,8-13H2,1-3H3. The summed E-state index contributed by atoms with van der Waals surface area (Å²) < 4.78 is 31.4. The summed E-state index contributed by atoms with van der Waals surface area (Å²) in [5.41, 5.74) is 3.45. The number of piperazine rings is 1. The molecule has 3 aromatic rings. The van der Waals surface area contributed by atoms with E-state index in [4.69, 9.17) is 9.72 Å². The molecule has 0 spiro atoms. The molecule has 2 aromatic carbocycles. The van der Waals surface area contributed by atoms with Crippen LogP contribution in [0.2, 0.25) is 0 Å². The molecule has 9 heteroatoms. The van der Waals surface area contributed by atoms with E-state index >= 15 is 0 Å². The van der Waals surface area contributed by atoms with Gasteiger partial charge < -0.3 is 14.5 Å². The van der Waals surface area contributed by atoms with Gasteiger partial charge in [0.2, 0.25) is 5.91 Å². The van der Waals surface area contributed by atoms with Crippen LogP contribution in [-0.4, -0.2) is 63.3 Å². The van der Waals surface area contributed by atoms with E-state index in [1.54, 1.807) is 28.4 Å². The van der Waals surface area contributed by atoms with Crippen LogP contribution >= 0.6 is 11.3 Å². The van der Waals surface area contributed by atoms with E-state index in [0.717, 1.165) is 10.6 Å². The van der Waals surface area contributed by atoms with Gasteiger partial charge in [0.25, 0.3) is 0 Å². The number of methoxy groups -OCH3 is 1. The fourth-order valence-electron chi connectivity index (χ4n) is 3.93. The lowest BCUT2D eigenvalue weighted by atomic mass is 10.1. The summed E-state index contributed by atoms with van der Waals surface area (Å²) in [5.74, 6) is 0.267. The zero-order valence-electron chi connectivity index (χ0n) is 18.5.